The summed E-state index contributed by atoms with van der Waals surface area (Å²) in [7, 11) is 0. The van der Waals surface area contributed by atoms with Crippen LogP contribution in [-0.4, -0.2) is 11.7 Å². The van der Waals surface area contributed by atoms with Crippen LogP contribution in [0.5, 0.6) is 5.75 Å². The predicted octanol–water partition coefficient (Wildman–Crippen LogP) is 10.5. The molecule has 3 heterocycles. The summed E-state index contributed by atoms with van der Waals surface area (Å²) in [5.74, 6) is 2.40. The van der Waals surface area contributed by atoms with Gasteiger partial charge in [0.25, 0.3) is 0 Å². The second kappa shape index (κ2) is 13.0. The number of nitrogens with one attached hydrogen (secondary N) is 3. The topological polar surface area (TPSA) is 70.0 Å². The molecule has 7 aromatic carbocycles. The van der Waals surface area contributed by atoms with Crippen LogP contribution >= 0.6 is 0 Å². The fourth-order valence-corrected chi connectivity index (χ4v) is 7.57. The van der Waals surface area contributed by atoms with E-state index in [2.05, 4.69) is 155 Å². The van der Waals surface area contributed by atoms with E-state index in [1.54, 1.807) is 0 Å². The first kappa shape index (κ1) is 30.9. The summed E-state index contributed by atoms with van der Waals surface area (Å²) in [5.41, 5.74) is 13.4. The zero-order valence-electron chi connectivity index (χ0n) is 28.8. The van der Waals surface area contributed by atoms with Crippen LogP contribution in [0.1, 0.15) is 51.8 Å². The Morgan fingerprint density at radius 2 is 1.09 bits per heavy atom. The number of para-hydroxylation sites is 1. The quantitative estimate of drug-likeness (QED) is 0.163. The molecule has 3 aliphatic rings. The van der Waals surface area contributed by atoms with Crippen molar-refractivity contribution >= 4 is 23.0 Å². The highest BCUT2D eigenvalue weighted by Gasteiger charge is 2.33. The van der Waals surface area contributed by atoms with Crippen LogP contribution in [0, 0.1) is 0 Å². The van der Waals surface area contributed by atoms with Gasteiger partial charge in [0.05, 0.1) is 11.7 Å². The van der Waals surface area contributed by atoms with E-state index in [0.717, 1.165) is 62.2 Å². The first-order chi connectivity index (χ1) is 26.2. The second-order valence-electron chi connectivity index (χ2n) is 13.5. The zero-order valence-corrected chi connectivity index (χ0v) is 28.8. The molecular formula is C47H35N5O. The Hall–Kier alpha value is -6.92. The lowest BCUT2D eigenvalue weighted by atomic mass is 9.85. The van der Waals surface area contributed by atoms with Gasteiger partial charge in [-0.2, -0.15) is 0 Å². The average Bonchev–Trinajstić information content (AvgIpc) is 3.69. The molecule has 3 aliphatic heterocycles. The number of rotatable bonds is 6. The fraction of sp³-hybridized carbons (Fsp3) is 0.0638. The Morgan fingerprint density at radius 1 is 0.472 bits per heavy atom. The van der Waals surface area contributed by atoms with Crippen LogP contribution in [0.3, 0.4) is 0 Å². The molecule has 3 atom stereocenters. The van der Waals surface area contributed by atoms with E-state index >= 15 is 0 Å². The van der Waals surface area contributed by atoms with Crippen LogP contribution in [0.4, 0.5) is 11.4 Å². The molecule has 10 rings (SSSR count). The van der Waals surface area contributed by atoms with Crippen molar-refractivity contribution in [3.05, 3.63) is 209 Å². The molecule has 0 bridgehead atoms. The number of aliphatic imine (C=N–C) groups is 2. The molecule has 3 unspecified atom stereocenters. The summed E-state index contributed by atoms with van der Waals surface area (Å²) in [5, 5.41) is 11.1. The summed E-state index contributed by atoms with van der Waals surface area (Å²) in [6.07, 6.45) is -0.558. The van der Waals surface area contributed by atoms with Crippen molar-refractivity contribution < 1.29 is 4.74 Å². The molecule has 7 aromatic rings. The van der Waals surface area contributed by atoms with Gasteiger partial charge in [-0.1, -0.05) is 164 Å². The number of amidine groups is 2. The first-order valence-corrected chi connectivity index (χ1v) is 18.0. The number of nitrogens with zero attached hydrogens (tertiary/aromatic N) is 2. The van der Waals surface area contributed by atoms with Crippen molar-refractivity contribution in [1.29, 1.82) is 0 Å². The van der Waals surface area contributed by atoms with Gasteiger partial charge in [-0.3, -0.25) is 0 Å². The molecule has 254 valence electrons. The van der Waals surface area contributed by atoms with Crippen LogP contribution in [-0.2, 0) is 0 Å². The van der Waals surface area contributed by atoms with E-state index in [1.807, 2.05) is 36.4 Å². The van der Waals surface area contributed by atoms with Crippen molar-refractivity contribution in [2.24, 2.45) is 9.98 Å². The van der Waals surface area contributed by atoms with Gasteiger partial charge in [0.2, 0.25) is 0 Å². The third-order valence-electron chi connectivity index (χ3n) is 10.3. The monoisotopic (exact) mass is 685 g/mol. The molecule has 0 spiro atoms. The van der Waals surface area contributed by atoms with E-state index < -0.39 is 0 Å². The normalized spacial score (nSPS) is 18.1. The molecule has 0 amide bonds. The Bertz CT molecular complexity index is 2500. The summed E-state index contributed by atoms with van der Waals surface area (Å²) in [6, 6.07) is 61.2. The minimum absolute atomic E-state index is 0.0450. The highest BCUT2D eigenvalue weighted by atomic mass is 16.5. The zero-order chi connectivity index (χ0) is 35.1. The smallest absolute Gasteiger partial charge is 0.196 e. The van der Waals surface area contributed by atoms with Crippen molar-refractivity contribution in [2.75, 3.05) is 10.6 Å². The van der Waals surface area contributed by atoms with Gasteiger partial charge in [-0.15, -0.1) is 0 Å². The van der Waals surface area contributed by atoms with E-state index in [1.165, 1.54) is 22.3 Å². The molecular weight excluding hydrogens is 651 g/mol. The molecule has 0 fully saturated rings. The largest absolute Gasteiger partial charge is 0.464 e. The molecule has 0 aliphatic carbocycles. The summed E-state index contributed by atoms with van der Waals surface area (Å²) in [4.78, 5) is 9.93. The van der Waals surface area contributed by atoms with Gasteiger partial charge >= 0.3 is 0 Å². The standard InChI is InChI=1S/C47H35N5O/c1-4-12-32(13-5-1)42-38-28-29-40-43(41(38)37-18-10-11-19-39(37)48-42)49-47(53-40)36-26-22-31(23-27-36)30-20-24-35(25-21-30)46-51-44(33-14-6-2-7-15-33)50-45(52-46)34-16-8-3-9-17-34/h1-29,42,46-49H,(H,50,51,52). The van der Waals surface area contributed by atoms with Gasteiger partial charge < -0.3 is 20.7 Å². The molecule has 6 nitrogen and oxygen atoms in total. The summed E-state index contributed by atoms with van der Waals surface area (Å²) >= 11 is 0. The van der Waals surface area contributed by atoms with Crippen molar-refractivity contribution in [1.82, 2.24) is 5.32 Å². The van der Waals surface area contributed by atoms with Gasteiger partial charge in [-0.25, -0.2) is 9.98 Å². The number of hydrogen-bond donors (Lipinski definition) is 3. The Labute approximate surface area is 308 Å². The highest BCUT2D eigenvalue weighted by Crippen LogP contribution is 2.52. The Balaban J connectivity index is 0.901. The summed E-state index contributed by atoms with van der Waals surface area (Å²) < 4.78 is 6.56. The third-order valence-corrected chi connectivity index (χ3v) is 10.3. The van der Waals surface area contributed by atoms with Crippen LogP contribution in [0.15, 0.2) is 186 Å². The fourth-order valence-electron chi connectivity index (χ4n) is 7.57. The molecule has 0 saturated heterocycles. The Kier molecular flexibility index (Phi) is 7.57. The minimum Gasteiger partial charge on any atom is -0.464 e. The second-order valence-corrected chi connectivity index (χ2v) is 13.5. The van der Waals surface area contributed by atoms with Crippen molar-refractivity contribution in [3.8, 4) is 28.0 Å². The van der Waals surface area contributed by atoms with E-state index in [4.69, 9.17) is 14.7 Å². The molecule has 53 heavy (non-hydrogen) atoms. The molecule has 0 saturated carbocycles. The number of fused-ring (bicyclic) bond motifs is 5. The van der Waals surface area contributed by atoms with E-state index in [0.29, 0.717) is 0 Å². The van der Waals surface area contributed by atoms with E-state index in [-0.39, 0.29) is 18.4 Å². The predicted molar refractivity (Wildman–Crippen MR) is 214 cm³/mol. The maximum absolute atomic E-state index is 6.56. The minimum atomic E-state index is -0.292. The van der Waals surface area contributed by atoms with Gasteiger partial charge in [0, 0.05) is 33.5 Å². The number of anilines is 2. The molecule has 3 N–H and O–H groups in total. The lowest BCUT2D eigenvalue weighted by molar-refractivity contribution is 0.260. The lowest BCUT2D eigenvalue weighted by Crippen LogP contribution is -2.33. The van der Waals surface area contributed by atoms with Crippen molar-refractivity contribution in [2.45, 2.75) is 18.4 Å². The lowest BCUT2D eigenvalue weighted by Gasteiger charge is -2.31. The molecule has 0 radical (unpaired) electrons. The van der Waals surface area contributed by atoms with Gasteiger partial charge in [-0.05, 0) is 39.9 Å². The molecule has 0 aromatic heterocycles. The molecule has 6 heteroatoms. The Morgan fingerprint density at radius 3 is 1.81 bits per heavy atom. The number of hydrogen-bond acceptors (Lipinski definition) is 6. The first-order valence-electron chi connectivity index (χ1n) is 18.0. The number of benzene rings is 7. The van der Waals surface area contributed by atoms with E-state index in [9.17, 15) is 0 Å². The van der Waals surface area contributed by atoms with Crippen LogP contribution in [0.25, 0.3) is 22.3 Å². The summed E-state index contributed by atoms with van der Waals surface area (Å²) in [6.45, 7) is 0. The SMILES string of the molecule is c1ccc(C2=NC(c3ccc(-c4ccc(C5Nc6c(ccc7c6-c6ccccc6NC7c6ccccc6)O5)cc4)cc3)NC(c3ccccc3)=N2)cc1. The maximum Gasteiger partial charge on any atom is 0.196 e. The maximum atomic E-state index is 6.56. The highest BCUT2D eigenvalue weighted by molar-refractivity contribution is 6.13. The van der Waals surface area contributed by atoms with Crippen LogP contribution in [0.2, 0.25) is 0 Å². The third kappa shape index (κ3) is 5.71. The van der Waals surface area contributed by atoms with Gasteiger partial charge in [0.1, 0.15) is 17.8 Å². The van der Waals surface area contributed by atoms with Crippen LogP contribution < -0.4 is 20.7 Å². The average molecular weight is 686 g/mol. The van der Waals surface area contributed by atoms with Crippen molar-refractivity contribution in [3.63, 3.8) is 0 Å². The number of ether oxygens (including phenoxy) is 1. The van der Waals surface area contributed by atoms with Gasteiger partial charge in [0.15, 0.2) is 12.1 Å².